The van der Waals surface area contributed by atoms with Crippen molar-refractivity contribution in [1.29, 1.82) is 0 Å². The lowest BCUT2D eigenvalue weighted by Gasteiger charge is -2.58. The van der Waals surface area contributed by atoms with Gasteiger partial charge in [0.2, 0.25) is 5.91 Å². The third kappa shape index (κ3) is 2.57. The summed E-state index contributed by atoms with van der Waals surface area (Å²) in [6.07, 6.45) is 5.07. The summed E-state index contributed by atoms with van der Waals surface area (Å²) in [4.78, 5) is 13.1. The van der Waals surface area contributed by atoms with Gasteiger partial charge < -0.3 is 10.4 Å². The van der Waals surface area contributed by atoms with Crippen molar-refractivity contribution in [2.75, 3.05) is 0 Å². The Balaban J connectivity index is 1.52. The molecule has 4 fully saturated rings. The molecule has 4 saturated carbocycles. The molecule has 4 aliphatic rings. The zero-order valence-corrected chi connectivity index (χ0v) is 15.0. The standard InChI is InChI=1S/C21H29NO2/c1-13-5-4-6-17(7-13)20(2,3)19(23)22-18-15-8-14-9-16(18)12-21(24,10-14)11-15/h4-7,14-16,18,24H,8-12H2,1-3H3,(H,22,23)/t14?,15-,16+,18+,21+. The quantitative estimate of drug-likeness (QED) is 0.894. The number of carbonyl (C=O) groups is 1. The van der Waals surface area contributed by atoms with Crippen molar-refractivity contribution in [3.05, 3.63) is 35.4 Å². The first-order chi connectivity index (χ1) is 11.3. The molecule has 3 heteroatoms. The van der Waals surface area contributed by atoms with Crippen molar-refractivity contribution >= 4 is 5.91 Å². The number of amides is 1. The summed E-state index contributed by atoms with van der Waals surface area (Å²) in [7, 11) is 0. The average molecular weight is 327 g/mol. The number of nitrogens with one attached hydrogen (secondary N) is 1. The average Bonchev–Trinajstić information content (AvgIpc) is 2.49. The third-order valence-corrected chi connectivity index (χ3v) is 6.85. The molecule has 4 bridgehead atoms. The predicted molar refractivity (Wildman–Crippen MR) is 94.6 cm³/mol. The molecule has 3 nitrogen and oxygen atoms in total. The molecule has 0 aromatic heterocycles. The van der Waals surface area contributed by atoms with Crippen LogP contribution in [0.2, 0.25) is 0 Å². The fourth-order valence-corrected chi connectivity index (χ4v) is 5.71. The van der Waals surface area contributed by atoms with Crippen LogP contribution in [0.3, 0.4) is 0 Å². The molecule has 24 heavy (non-hydrogen) atoms. The number of benzene rings is 1. The normalized spacial score (nSPS) is 37.5. The second kappa shape index (κ2) is 5.32. The molecular formula is C21H29NO2. The Kier molecular flexibility index (Phi) is 3.58. The van der Waals surface area contributed by atoms with E-state index >= 15 is 0 Å². The molecule has 4 aliphatic carbocycles. The monoisotopic (exact) mass is 327 g/mol. The third-order valence-electron chi connectivity index (χ3n) is 6.85. The van der Waals surface area contributed by atoms with Crippen molar-refractivity contribution in [2.45, 2.75) is 69.9 Å². The summed E-state index contributed by atoms with van der Waals surface area (Å²) in [5, 5.41) is 14.1. The Morgan fingerprint density at radius 3 is 2.46 bits per heavy atom. The van der Waals surface area contributed by atoms with Crippen LogP contribution >= 0.6 is 0 Å². The van der Waals surface area contributed by atoms with Gasteiger partial charge in [0.25, 0.3) is 0 Å². The minimum atomic E-state index is -0.530. The van der Waals surface area contributed by atoms with Gasteiger partial charge in [0.05, 0.1) is 11.0 Å². The van der Waals surface area contributed by atoms with Crippen molar-refractivity contribution in [3.63, 3.8) is 0 Å². The van der Waals surface area contributed by atoms with Crippen molar-refractivity contribution in [1.82, 2.24) is 5.32 Å². The highest BCUT2D eigenvalue weighted by Crippen LogP contribution is 2.55. The van der Waals surface area contributed by atoms with E-state index in [9.17, 15) is 9.90 Å². The number of aryl methyl sites for hydroxylation is 1. The van der Waals surface area contributed by atoms with E-state index < -0.39 is 11.0 Å². The highest BCUT2D eigenvalue weighted by molar-refractivity contribution is 5.87. The number of hydrogen-bond donors (Lipinski definition) is 2. The van der Waals surface area contributed by atoms with Crippen LogP contribution in [0.25, 0.3) is 0 Å². The highest BCUT2D eigenvalue weighted by atomic mass is 16.3. The van der Waals surface area contributed by atoms with Gasteiger partial charge in [-0.2, -0.15) is 0 Å². The Bertz CT molecular complexity index is 650. The van der Waals surface area contributed by atoms with Crippen molar-refractivity contribution < 1.29 is 9.90 Å². The summed E-state index contributed by atoms with van der Waals surface area (Å²) >= 11 is 0. The predicted octanol–water partition coefficient (Wildman–Crippen LogP) is 3.33. The maximum atomic E-state index is 13.1. The lowest BCUT2D eigenvalue weighted by molar-refractivity contribution is -0.148. The molecule has 0 saturated heterocycles. The smallest absolute Gasteiger partial charge is 0.230 e. The number of carbonyl (C=O) groups excluding carboxylic acids is 1. The van der Waals surface area contributed by atoms with Crippen LogP contribution in [0.5, 0.6) is 0 Å². The first-order valence-electron chi connectivity index (χ1n) is 9.37. The minimum Gasteiger partial charge on any atom is -0.390 e. The van der Waals surface area contributed by atoms with Gasteiger partial charge >= 0.3 is 0 Å². The van der Waals surface area contributed by atoms with Crippen LogP contribution < -0.4 is 5.32 Å². The molecule has 1 aromatic rings. The van der Waals surface area contributed by atoms with Gasteiger partial charge in [0, 0.05) is 6.04 Å². The maximum Gasteiger partial charge on any atom is 0.230 e. The maximum absolute atomic E-state index is 13.1. The fraction of sp³-hybridized carbons (Fsp3) is 0.667. The van der Waals surface area contributed by atoms with Crippen LogP contribution in [-0.4, -0.2) is 22.7 Å². The summed E-state index contributed by atoms with van der Waals surface area (Å²) in [5.74, 6) is 1.71. The molecule has 0 radical (unpaired) electrons. The molecule has 0 spiro atoms. The molecule has 5 rings (SSSR count). The number of hydrogen-bond acceptors (Lipinski definition) is 2. The molecule has 130 valence electrons. The Labute approximate surface area is 144 Å². The van der Waals surface area contributed by atoms with Crippen LogP contribution in [0, 0.1) is 24.7 Å². The van der Waals surface area contributed by atoms with E-state index in [4.69, 9.17) is 0 Å². The van der Waals surface area contributed by atoms with Gasteiger partial charge in [-0.3, -0.25) is 4.79 Å². The van der Waals surface area contributed by atoms with Gasteiger partial charge in [-0.05, 0) is 76.2 Å². The van der Waals surface area contributed by atoms with Crippen LogP contribution in [0.1, 0.15) is 57.1 Å². The highest BCUT2D eigenvalue weighted by Gasteiger charge is 2.55. The van der Waals surface area contributed by atoms with Gasteiger partial charge in [-0.1, -0.05) is 29.8 Å². The van der Waals surface area contributed by atoms with Crippen LogP contribution in [0.15, 0.2) is 24.3 Å². The lowest BCUT2D eigenvalue weighted by Crippen LogP contribution is -2.62. The number of aliphatic hydroxyl groups is 1. The van der Waals surface area contributed by atoms with Crippen LogP contribution in [0.4, 0.5) is 0 Å². The van der Waals surface area contributed by atoms with Crippen molar-refractivity contribution in [3.8, 4) is 0 Å². The second-order valence-corrected chi connectivity index (χ2v) is 9.19. The molecule has 1 amide bonds. The summed E-state index contributed by atoms with van der Waals surface area (Å²) in [6.45, 7) is 6.09. The summed E-state index contributed by atoms with van der Waals surface area (Å²) < 4.78 is 0. The van der Waals surface area contributed by atoms with Gasteiger partial charge in [-0.15, -0.1) is 0 Å². The topological polar surface area (TPSA) is 49.3 Å². The molecule has 1 aromatic carbocycles. The Hall–Kier alpha value is -1.35. The number of rotatable bonds is 3. The van der Waals surface area contributed by atoms with E-state index in [-0.39, 0.29) is 11.9 Å². The van der Waals surface area contributed by atoms with E-state index in [0.717, 1.165) is 24.8 Å². The van der Waals surface area contributed by atoms with E-state index in [1.165, 1.54) is 18.4 Å². The molecular weight excluding hydrogens is 298 g/mol. The zero-order chi connectivity index (χ0) is 17.1. The summed E-state index contributed by atoms with van der Waals surface area (Å²) in [5.41, 5.74) is 1.29. The molecule has 2 N–H and O–H groups in total. The van der Waals surface area contributed by atoms with Crippen LogP contribution in [-0.2, 0) is 10.2 Å². The zero-order valence-electron chi connectivity index (χ0n) is 15.0. The molecule has 0 aliphatic heterocycles. The first-order valence-corrected chi connectivity index (χ1v) is 9.37. The van der Waals surface area contributed by atoms with E-state index in [2.05, 4.69) is 24.4 Å². The second-order valence-electron chi connectivity index (χ2n) is 9.19. The Morgan fingerprint density at radius 2 is 1.88 bits per heavy atom. The van der Waals surface area contributed by atoms with E-state index in [0.29, 0.717) is 17.8 Å². The van der Waals surface area contributed by atoms with Gasteiger partial charge in [-0.25, -0.2) is 0 Å². The van der Waals surface area contributed by atoms with Crippen molar-refractivity contribution in [2.24, 2.45) is 17.8 Å². The van der Waals surface area contributed by atoms with E-state index in [1.807, 2.05) is 26.0 Å². The lowest BCUT2D eigenvalue weighted by atomic mass is 9.52. The molecule has 1 unspecified atom stereocenters. The van der Waals surface area contributed by atoms with E-state index in [1.54, 1.807) is 0 Å². The summed E-state index contributed by atoms with van der Waals surface area (Å²) in [6, 6.07) is 8.50. The first kappa shape index (κ1) is 16.1. The van der Waals surface area contributed by atoms with Gasteiger partial charge in [0.15, 0.2) is 0 Å². The SMILES string of the molecule is Cc1cccc(C(C)(C)C(=O)N[C@H]2[C@@H]3CC4C[C@H]2C[C@](O)(C4)C3)c1. The Morgan fingerprint density at radius 1 is 1.21 bits per heavy atom. The fourth-order valence-electron chi connectivity index (χ4n) is 5.71. The molecule has 5 atom stereocenters. The minimum absolute atomic E-state index is 0.123. The molecule has 0 heterocycles. The largest absolute Gasteiger partial charge is 0.390 e. The van der Waals surface area contributed by atoms with Gasteiger partial charge in [0.1, 0.15) is 0 Å².